The lowest BCUT2D eigenvalue weighted by molar-refractivity contribution is 0.185. The van der Waals surface area contributed by atoms with Crippen molar-refractivity contribution in [2.45, 2.75) is 38.6 Å². The van der Waals surface area contributed by atoms with Crippen LogP contribution in [0.25, 0.3) is 11.2 Å². The first-order valence-electron chi connectivity index (χ1n) is 9.15. The molecule has 0 spiro atoms. The van der Waals surface area contributed by atoms with E-state index in [9.17, 15) is 0 Å². The summed E-state index contributed by atoms with van der Waals surface area (Å²) in [5.74, 6) is 3.04. The van der Waals surface area contributed by atoms with Gasteiger partial charge >= 0.3 is 0 Å². The summed E-state index contributed by atoms with van der Waals surface area (Å²) in [5, 5.41) is 0. The molecular formula is C18H24N6O2. The first-order chi connectivity index (χ1) is 12.8. The summed E-state index contributed by atoms with van der Waals surface area (Å²) in [4.78, 5) is 20.2. The molecule has 0 N–H and O–H groups in total. The number of anilines is 1. The van der Waals surface area contributed by atoms with Crippen molar-refractivity contribution in [1.82, 2.24) is 24.5 Å². The van der Waals surface area contributed by atoms with Crippen molar-refractivity contribution in [1.29, 1.82) is 0 Å². The van der Waals surface area contributed by atoms with Gasteiger partial charge in [0.1, 0.15) is 12.2 Å². The van der Waals surface area contributed by atoms with E-state index in [2.05, 4.69) is 29.4 Å². The van der Waals surface area contributed by atoms with Crippen molar-refractivity contribution in [2.75, 3.05) is 31.7 Å². The average molecular weight is 356 g/mol. The Morgan fingerprint density at radius 1 is 1.31 bits per heavy atom. The molecule has 0 aliphatic carbocycles. The van der Waals surface area contributed by atoms with E-state index >= 15 is 0 Å². The maximum atomic E-state index is 5.69. The first-order valence-corrected chi connectivity index (χ1v) is 9.15. The summed E-state index contributed by atoms with van der Waals surface area (Å²) in [5.41, 5.74) is 1.32. The van der Waals surface area contributed by atoms with Gasteiger partial charge in [0.2, 0.25) is 0 Å². The van der Waals surface area contributed by atoms with E-state index < -0.39 is 0 Å². The Labute approximate surface area is 152 Å². The van der Waals surface area contributed by atoms with E-state index in [1.165, 1.54) is 0 Å². The molecule has 0 saturated carbocycles. The number of piperidine rings is 1. The van der Waals surface area contributed by atoms with Crippen LogP contribution in [0.5, 0.6) is 0 Å². The quantitative estimate of drug-likeness (QED) is 0.671. The third kappa shape index (κ3) is 3.16. The van der Waals surface area contributed by atoms with Crippen LogP contribution in [0.3, 0.4) is 0 Å². The van der Waals surface area contributed by atoms with Crippen LogP contribution >= 0.6 is 0 Å². The minimum atomic E-state index is 0.359. The molecule has 0 unspecified atom stereocenters. The Balaban J connectivity index is 1.60. The number of fused-ring (bicyclic) bond motifs is 1. The van der Waals surface area contributed by atoms with Crippen LogP contribution in [-0.4, -0.2) is 51.3 Å². The topological polar surface area (TPSA) is 82.1 Å². The van der Waals surface area contributed by atoms with Gasteiger partial charge in [0.15, 0.2) is 17.2 Å². The summed E-state index contributed by atoms with van der Waals surface area (Å²) < 4.78 is 13.1. The highest BCUT2D eigenvalue weighted by Crippen LogP contribution is 2.31. The maximum Gasteiger partial charge on any atom is 0.252 e. The fourth-order valence-electron chi connectivity index (χ4n) is 3.61. The van der Waals surface area contributed by atoms with Crippen LogP contribution < -0.4 is 4.90 Å². The smallest absolute Gasteiger partial charge is 0.252 e. The van der Waals surface area contributed by atoms with Crippen LogP contribution in [0.15, 0.2) is 23.1 Å². The number of hydrogen-bond donors (Lipinski definition) is 0. The Bertz CT molecular complexity index is 874. The van der Waals surface area contributed by atoms with Crippen molar-refractivity contribution < 1.29 is 9.15 Å². The van der Waals surface area contributed by atoms with Gasteiger partial charge in [-0.2, -0.15) is 4.98 Å². The second-order valence-corrected chi connectivity index (χ2v) is 6.57. The van der Waals surface area contributed by atoms with E-state index in [1.54, 1.807) is 13.4 Å². The lowest BCUT2D eigenvalue weighted by Gasteiger charge is -2.33. The van der Waals surface area contributed by atoms with Crippen LogP contribution in [-0.2, 0) is 17.7 Å². The lowest BCUT2D eigenvalue weighted by atomic mass is 9.97. The van der Waals surface area contributed by atoms with Gasteiger partial charge in [-0.25, -0.2) is 15.0 Å². The van der Waals surface area contributed by atoms with Gasteiger partial charge in [0.25, 0.3) is 5.71 Å². The molecule has 26 heavy (non-hydrogen) atoms. The molecule has 0 aromatic carbocycles. The lowest BCUT2D eigenvalue weighted by Crippen LogP contribution is -2.36. The molecule has 1 aliphatic heterocycles. The Hall–Kier alpha value is -2.48. The molecular weight excluding hydrogens is 332 g/mol. The number of methoxy groups -OCH3 is 1. The molecule has 3 aromatic rings. The zero-order valence-electron chi connectivity index (χ0n) is 15.3. The summed E-state index contributed by atoms with van der Waals surface area (Å²) in [6, 6.07) is 0. The van der Waals surface area contributed by atoms with Crippen LogP contribution in [0, 0.1) is 0 Å². The van der Waals surface area contributed by atoms with E-state index in [4.69, 9.17) is 9.15 Å². The molecule has 4 rings (SSSR count). The monoisotopic (exact) mass is 356 g/mol. The molecule has 0 bridgehead atoms. The molecule has 4 heterocycles. The minimum Gasteiger partial charge on any atom is -0.422 e. The largest absolute Gasteiger partial charge is 0.422 e. The molecule has 3 aromatic heterocycles. The van der Waals surface area contributed by atoms with Crippen LogP contribution in [0.4, 0.5) is 5.82 Å². The van der Waals surface area contributed by atoms with Crippen molar-refractivity contribution in [3.63, 3.8) is 0 Å². The van der Waals surface area contributed by atoms with E-state index in [0.29, 0.717) is 24.1 Å². The van der Waals surface area contributed by atoms with Crippen LogP contribution in [0.2, 0.25) is 0 Å². The molecule has 138 valence electrons. The van der Waals surface area contributed by atoms with Gasteiger partial charge in [0.05, 0.1) is 6.61 Å². The second-order valence-electron chi connectivity index (χ2n) is 6.57. The maximum absolute atomic E-state index is 5.69. The fraction of sp³-hybridized carbons (Fsp3) is 0.556. The molecule has 8 heteroatoms. The summed E-state index contributed by atoms with van der Waals surface area (Å²) in [7, 11) is 1.72. The Morgan fingerprint density at radius 2 is 2.23 bits per heavy atom. The normalized spacial score (nSPS) is 17.9. The second kappa shape index (κ2) is 7.41. The van der Waals surface area contributed by atoms with Crippen molar-refractivity contribution in [2.24, 2.45) is 0 Å². The van der Waals surface area contributed by atoms with E-state index in [-0.39, 0.29) is 0 Å². The summed E-state index contributed by atoms with van der Waals surface area (Å²) in [6.07, 6.45) is 8.42. The highest BCUT2D eigenvalue weighted by atomic mass is 16.5. The first kappa shape index (κ1) is 17.0. The molecule has 1 atom stereocenters. The number of aromatic nitrogens is 5. The molecule has 1 saturated heterocycles. The zero-order valence-corrected chi connectivity index (χ0v) is 15.3. The van der Waals surface area contributed by atoms with Gasteiger partial charge in [0, 0.05) is 51.5 Å². The number of aryl methyl sites for hydroxylation is 1. The minimum absolute atomic E-state index is 0.359. The molecule has 1 aliphatic rings. The Kier molecular flexibility index (Phi) is 4.83. The predicted molar refractivity (Wildman–Crippen MR) is 97.3 cm³/mol. The molecule has 0 radical (unpaired) electrons. The molecule has 0 amide bonds. The summed E-state index contributed by atoms with van der Waals surface area (Å²) >= 11 is 0. The van der Waals surface area contributed by atoms with Gasteiger partial charge in [-0.3, -0.25) is 0 Å². The number of oxazole rings is 1. The van der Waals surface area contributed by atoms with Crippen LogP contribution in [0.1, 0.15) is 37.4 Å². The fourth-order valence-corrected chi connectivity index (χ4v) is 3.61. The highest BCUT2D eigenvalue weighted by molar-refractivity contribution is 5.81. The average Bonchev–Trinajstić information content (AvgIpc) is 3.32. The third-order valence-corrected chi connectivity index (χ3v) is 4.89. The van der Waals surface area contributed by atoms with Gasteiger partial charge in [-0.1, -0.05) is 6.92 Å². The number of nitrogens with zero attached hydrogens (tertiary/aromatic N) is 6. The molecule has 1 fully saturated rings. The number of hydrogen-bond acceptors (Lipinski definition) is 7. The number of rotatable bonds is 6. The van der Waals surface area contributed by atoms with E-state index in [1.807, 2.05) is 19.3 Å². The van der Waals surface area contributed by atoms with Gasteiger partial charge in [-0.15, -0.1) is 0 Å². The highest BCUT2D eigenvalue weighted by Gasteiger charge is 2.27. The van der Waals surface area contributed by atoms with Crippen molar-refractivity contribution in [3.05, 3.63) is 30.4 Å². The molecule has 8 nitrogen and oxygen atoms in total. The van der Waals surface area contributed by atoms with E-state index in [0.717, 1.165) is 56.1 Å². The SMILES string of the molecule is CCc1nc2c(N3CCC[C@H](c4nccn4CCOC)C3)ncnc2o1. The van der Waals surface area contributed by atoms with Gasteiger partial charge < -0.3 is 18.6 Å². The standard InChI is InChI=1S/C18H24N6O2/c1-3-14-22-15-17(20-12-21-18(15)26-14)24-7-4-5-13(11-24)16-19-6-8-23(16)9-10-25-2/h6,8,12-13H,3-5,7,9-11H2,1-2H3/t13-/m0/s1. The van der Waals surface area contributed by atoms with Gasteiger partial charge in [-0.05, 0) is 12.8 Å². The number of imidazole rings is 1. The summed E-state index contributed by atoms with van der Waals surface area (Å²) in [6.45, 7) is 5.35. The predicted octanol–water partition coefficient (Wildman–Crippen LogP) is 2.41. The Morgan fingerprint density at radius 3 is 3.08 bits per heavy atom. The van der Waals surface area contributed by atoms with Crippen molar-refractivity contribution >= 4 is 17.0 Å². The third-order valence-electron chi connectivity index (χ3n) is 4.89. The number of ether oxygens (including phenoxy) is 1. The zero-order chi connectivity index (χ0) is 17.9. The van der Waals surface area contributed by atoms with Crippen molar-refractivity contribution in [3.8, 4) is 0 Å².